The van der Waals surface area contributed by atoms with Crippen molar-refractivity contribution in [1.29, 1.82) is 0 Å². The molecule has 1 aromatic heterocycles. The van der Waals surface area contributed by atoms with Gasteiger partial charge in [0.2, 0.25) is 11.9 Å². The van der Waals surface area contributed by atoms with Gasteiger partial charge < -0.3 is 15.0 Å². The van der Waals surface area contributed by atoms with E-state index >= 15 is 0 Å². The number of hydrogen-bond acceptors (Lipinski definition) is 5. The van der Waals surface area contributed by atoms with Gasteiger partial charge in [-0.15, -0.1) is 0 Å². The summed E-state index contributed by atoms with van der Waals surface area (Å²) in [6, 6.07) is 8.74. The third-order valence-electron chi connectivity index (χ3n) is 3.82. The standard InChI is InChI=1S/C17H19BrN4O3/c1-12-9-16(24)22(17(19-12)21-5-7-25-8-6-21)11-15(23)20-14-4-2-3-13(18)10-14/h2-4,9-10H,5-8,11H2,1H3,(H,20,23). The van der Waals surface area contributed by atoms with Gasteiger partial charge in [0.25, 0.3) is 5.56 Å². The van der Waals surface area contributed by atoms with E-state index in [0.29, 0.717) is 43.6 Å². The Morgan fingerprint density at radius 3 is 2.80 bits per heavy atom. The van der Waals surface area contributed by atoms with E-state index in [9.17, 15) is 9.59 Å². The molecule has 2 aromatic rings. The molecule has 8 heteroatoms. The second-order valence-electron chi connectivity index (χ2n) is 5.78. The van der Waals surface area contributed by atoms with E-state index in [4.69, 9.17) is 4.74 Å². The Kier molecular flexibility index (Phi) is 5.50. The van der Waals surface area contributed by atoms with Gasteiger partial charge in [-0.1, -0.05) is 22.0 Å². The number of carbonyl (C=O) groups is 1. The van der Waals surface area contributed by atoms with Crippen LogP contribution in [0.2, 0.25) is 0 Å². The van der Waals surface area contributed by atoms with Crippen molar-refractivity contribution in [2.75, 3.05) is 36.5 Å². The molecule has 1 aliphatic rings. The number of nitrogens with zero attached hydrogens (tertiary/aromatic N) is 3. The average molecular weight is 407 g/mol. The van der Waals surface area contributed by atoms with Crippen molar-refractivity contribution >= 4 is 33.5 Å². The van der Waals surface area contributed by atoms with Crippen molar-refractivity contribution in [3.63, 3.8) is 0 Å². The van der Waals surface area contributed by atoms with Crippen molar-refractivity contribution < 1.29 is 9.53 Å². The van der Waals surface area contributed by atoms with Gasteiger partial charge in [-0.3, -0.25) is 14.2 Å². The topological polar surface area (TPSA) is 76.5 Å². The summed E-state index contributed by atoms with van der Waals surface area (Å²) in [7, 11) is 0. The zero-order valence-electron chi connectivity index (χ0n) is 13.9. The summed E-state index contributed by atoms with van der Waals surface area (Å²) in [5.41, 5.74) is 1.06. The highest BCUT2D eigenvalue weighted by atomic mass is 79.9. The first kappa shape index (κ1) is 17.6. The van der Waals surface area contributed by atoms with Crippen molar-refractivity contribution in [3.05, 3.63) is 50.9 Å². The van der Waals surface area contributed by atoms with Crippen LogP contribution in [0.4, 0.5) is 11.6 Å². The number of anilines is 2. The Hall–Kier alpha value is -2.19. The molecule has 1 aromatic carbocycles. The molecule has 1 N–H and O–H groups in total. The number of nitrogens with one attached hydrogen (secondary N) is 1. The summed E-state index contributed by atoms with van der Waals surface area (Å²) in [4.78, 5) is 31.3. The fraction of sp³-hybridized carbons (Fsp3) is 0.353. The van der Waals surface area contributed by atoms with Crippen molar-refractivity contribution in [3.8, 4) is 0 Å². The van der Waals surface area contributed by atoms with E-state index in [1.165, 1.54) is 10.6 Å². The number of carbonyl (C=O) groups excluding carboxylic acids is 1. The van der Waals surface area contributed by atoms with Gasteiger partial charge in [0.1, 0.15) is 6.54 Å². The summed E-state index contributed by atoms with van der Waals surface area (Å²) in [6.07, 6.45) is 0. The molecular formula is C17H19BrN4O3. The quantitative estimate of drug-likeness (QED) is 0.837. The van der Waals surface area contributed by atoms with Crippen molar-refractivity contribution in [1.82, 2.24) is 9.55 Å². The number of halogens is 1. The van der Waals surface area contributed by atoms with Gasteiger partial charge >= 0.3 is 0 Å². The Bertz CT molecular complexity index is 831. The Labute approximate surface area is 153 Å². The monoisotopic (exact) mass is 406 g/mol. The predicted molar refractivity (Wildman–Crippen MR) is 99.0 cm³/mol. The van der Waals surface area contributed by atoms with Crippen LogP contribution >= 0.6 is 15.9 Å². The summed E-state index contributed by atoms with van der Waals surface area (Å²) < 4.78 is 7.63. The first-order valence-corrected chi connectivity index (χ1v) is 8.79. The molecule has 0 saturated carbocycles. The second kappa shape index (κ2) is 7.79. The highest BCUT2D eigenvalue weighted by molar-refractivity contribution is 9.10. The van der Waals surface area contributed by atoms with Crippen LogP contribution in [0, 0.1) is 6.92 Å². The minimum atomic E-state index is -0.277. The molecule has 7 nitrogen and oxygen atoms in total. The molecule has 0 aliphatic carbocycles. The van der Waals surface area contributed by atoms with E-state index in [1.807, 2.05) is 17.0 Å². The highest BCUT2D eigenvalue weighted by Crippen LogP contribution is 2.16. The number of benzene rings is 1. The molecular weight excluding hydrogens is 388 g/mol. The summed E-state index contributed by atoms with van der Waals surface area (Å²) in [5, 5.41) is 2.80. The smallest absolute Gasteiger partial charge is 0.255 e. The lowest BCUT2D eigenvalue weighted by Gasteiger charge is -2.29. The van der Waals surface area contributed by atoms with Crippen LogP contribution in [0.1, 0.15) is 5.69 Å². The molecule has 0 bridgehead atoms. The lowest BCUT2D eigenvalue weighted by atomic mass is 10.3. The van der Waals surface area contributed by atoms with Gasteiger partial charge in [0.05, 0.1) is 13.2 Å². The first-order valence-electron chi connectivity index (χ1n) is 7.99. The van der Waals surface area contributed by atoms with Crippen LogP contribution in [0.15, 0.2) is 39.6 Å². The van der Waals surface area contributed by atoms with Crippen LogP contribution in [-0.2, 0) is 16.1 Å². The Morgan fingerprint density at radius 1 is 1.32 bits per heavy atom. The molecule has 0 unspecified atom stereocenters. The zero-order chi connectivity index (χ0) is 17.8. The maximum absolute atomic E-state index is 12.4. The van der Waals surface area contributed by atoms with Gasteiger partial charge in [0.15, 0.2) is 0 Å². The molecule has 2 heterocycles. The molecule has 3 rings (SSSR count). The second-order valence-corrected chi connectivity index (χ2v) is 6.70. The molecule has 0 atom stereocenters. The molecule has 1 aliphatic heterocycles. The molecule has 25 heavy (non-hydrogen) atoms. The maximum atomic E-state index is 12.4. The van der Waals surface area contributed by atoms with Crippen LogP contribution in [0.3, 0.4) is 0 Å². The van der Waals surface area contributed by atoms with Gasteiger partial charge in [-0.05, 0) is 25.1 Å². The van der Waals surface area contributed by atoms with E-state index in [-0.39, 0.29) is 18.0 Å². The molecule has 1 amide bonds. The average Bonchev–Trinajstić information content (AvgIpc) is 2.58. The fourth-order valence-electron chi connectivity index (χ4n) is 2.67. The van der Waals surface area contributed by atoms with E-state index in [2.05, 4.69) is 26.2 Å². The number of amides is 1. The Morgan fingerprint density at radius 2 is 2.08 bits per heavy atom. The first-order chi connectivity index (χ1) is 12.0. The third kappa shape index (κ3) is 4.46. The summed E-state index contributed by atoms with van der Waals surface area (Å²) in [6.45, 7) is 4.12. The van der Waals surface area contributed by atoms with Crippen molar-refractivity contribution in [2.24, 2.45) is 0 Å². The highest BCUT2D eigenvalue weighted by Gasteiger charge is 2.19. The minimum absolute atomic E-state index is 0.0919. The van der Waals surface area contributed by atoms with Crippen LogP contribution in [0.5, 0.6) is 0 Å². The molecule has 1 saturated heterocycles. The normalized spacial score (nSPS) is 14.4. The molecule has 132 valence electrons. The molecule has 0 radical (unpaired) electrons. The number of aromatic nitrogens is 2. The minimum Gasteiger partial charge on any atom is -0.378 e. The van der Waals surface area contributed by atoms with E-state index in [0.717, 1.165) is 4.47 Å². The van der Waals surface area contributed by atoms with E-state index < -0.39 is 0 Å². The SMILES string of the molecule is Cc1cc(=O)n(CC(=O)Nc2cccc(Br)c2)c(N2CCOCC2)n1. The Balaban J connectivity index is 1.83. The van der Waals surface area contributed by atoms with Crippen LogP contribution < -0.4 is 15.8 Å². The number of rotatable bonds is 4. The van der Waals surface area contributed by atoms with E-state index in [1.54, 1.807) is 19.1 Å². The largest absolute Gasteiger partial charge is 0.378 e. The van der Waals surface area contributed by atoms with Gasteiger partial charge in [0, 0.05) is 35.0 Å². The maximum Gasteiger partial charge on any atom is 0.255 e. The number of hydrogen-bond donors (Lipinski definition) is 1. The van der Waals surface area contributed by atoms with Gasteiger partial charge in [-0.25, -0.2) is 4.98 Å². The number of aryl methyl sites for hydroxylation is 1. The number of ether oxygens (including phenoxy) is 1. The number of morpholine rings is 1. The third-order valence-corrected chi connectivity index (χ3v) is 4.31. The fourth-order valence-corrected chi connectivity index (χ4v) is 3.07. The van der Waals surface area contributed by atoms with Crippen LogP contribution in [-0.4, -0.2) is 41.8 Å². The summed E-state index contributed by atoms with van der Waals surface area (Å²) >= 11 is 3.37. The zero-order valence-corrected chi connectivity index (χ0v) is 15.5. The molecule has 1 fully saturated rings. The van der Waals surface area contributed by atoms with Gasteiger partial charge in [-0.2, -0.15) is 0 Å². The lowest BCUT2D eigenvalue weighted by Crippen LogP contribution is -2.41. The predicted octanol–water partition coefficient (Wildman–Crippen LogP) is 1.79. The lowest BCUT2D eigenvalue weighted by molar-refractivity contribution is -0.116. The molecule has 0 spiro atoms. The summed E-state index contributed by atoms with van der Waals surface area (Å²) in [5.74, 6) is 0.234. The van der Waals surface area contributed by atoms with Crippen LogP contribution in [0.25, 0.3) is 0 Å². The van der Waals surface area contributed by atoms with Crippen molar-refractivity contribution in [2.45, 2.75) is 13.5 Å².